The van der Waals surface area contributed by atoms with Gasteiger partial charge >= 0.3 is 0 Å². The number of rotatable bonds is 3. The summed E-state index contributed by atoms with van der Waals surface area (Å²) in [7, 11) is 0. The van der Waals surface area contributed by atoms with Crippen molar-refractivity contribution in [2.75, 3.05) is 13.1 Å². The van der Waals surface area contributed by atoms with Crippen LogP contribution >= 0.6 is 12.4 Å². The molecule has 1 N–H and O–H groups in total. The first-order valence-corrected chi connectivity index (χ1v) is 7.18. The highest BCUT2D eigenvalue weighted by molar-refractivity contribution is 5.85. The minimum atomic E-state index is -0.178. The molecule has 0 radical (unpaired) electrons. The van der Waals surface area contributed by atoms with E-state index in [-0.39, 0.29) is 30.4 Å². The van der Waals surface area contributed by atoms with Gasteiger partial charge < -0.3 is 10.2 Å². The van der Waals surface area contributed by atoms with E-state index in [1.807, 2.05) is 16.4 Å². The summed E-state index contributed by atoms with van der Waals surface area (Å²) in [5.41, 5.74) is 0. The molecule has 2 aliphatic rings. The molecule has 0 bridgehead atoms. The number of amides is 1. The predicted octanol–water partition coefficient (Wildman–Crippen LogP) is 1.44. The number of halogens is 1. The summed E-state index contributed by atoms with van der Waals surface area (Å²) < 4.78 is 2.04. The van der Waals surface area contributed by atoms with Gasteiger partial charge in [0, 0.05) is 6.54 Å². The zero-order valence-electron chi connectivity index (χ0n) is 12.0. The Hall–Kier alpha value is -1.14. The molecule has 2 aliphatic heterocycles. The van der Waals surface area contributed by atoms with Crippen LogP contribution < -0.4 is 5.32 Å². The monoisotopic (exact) mass is 299 g/mol. The highest BCUT2D eigenvalue weighted by Gasteiger charge is 2.35. The quantitative estimate of drug-likeness (QED) is 0.917. The summed E-state index contributed by atoms with van der Waals surface area (Å²) in [6, 6.07) is 0.0805. The van der Waals surface area contributed by atoms with Crippen LogP contribution in [-0.2, 0) is 11.3 Å². The molecule has 1 saturated heterocycles. The molecule has 2 atom stereocenters. The Bertz CT molecular complexity index is 483. The van der Waals surface area contributed by atoms with Gasteiger partial charge in [0.15, 0.2) is 11.6 Å². The van der Waals surface area contributed by atoms with E-state index in [0.29, 0.717) is 6.54 Å². The Morgan fingerprint density at radius 1 is 1.40 bits per heavy atom. The Labute approximate surface area is 125 Å². The zero-order chi connectivity index (χ0) is 13.4. The van der Waals surface area contributed by atoms with Crippen LogP contribution in [0.25, 0.3) is 0 Å². The van der Waals surface area contributed by atoms with Gasteiger partial charge in [0.25, 0.3) is 0 Å². The Morgan fingerprint density at radius 2 is 2.20 bits per heavy atom. The highest BCUT2D eigenvalue weighted by atomic mass is 35.5. The fraction of sp³-hybridized carbons (Fsp3) is 0.769. The third-order valence-corrected chi connectivity index (χ3v) is 4.05. The molecule has 3 heterocycles. The van der Waals surface area contributed by atoms with E-state index in [0.717, 1.165) is 44.0 Å². The maximum absolute atomic E-state index is 12.4. The molecule has 0 spiro atoms. The van der Waals surface area contributed by atoms with Crippen LogP contribution in [0.1, 0.15) is 56.8 Å². The summed E-state index contributed by atoms with van der Waals surface area (Å²) in [6.07, 6.45) is 3.22. The van der Waals surface area contributed by atoms with Crippen molar-refractivity contribution in [1.29, 1.82) is 0 Å². The van der Waals surface area contributed by atoms with E-state index in [2.05, 4.69) is 22.4 Å². The zero-order valence-corrected chi connectivity index (χ0v) is 12.8. The second-order valence-corrected chi connectivity index (χ2v) is 5.43. The summed E-state index contributed by atoms with van der Waals surface area (Å²) in [5.74, 6) is 2.04. The van der Waals surface area contributed by atoms with E-state index >= 15 is 0 Å². The Kier molecular flexibility index (Phi) is 4.65. The molecule has 20 heavy (non-hydrogen) atoms. The van der Waals surface area contributed by atoms with Crippen molar-refractivity contribution >= 4 is 18.3 Å². The molecule has 3 rings (SSSR count). The number of nitrogens with zero attached hydrogens (tertiary/aromatic N) is 4. The predicted molar refractivity (Wildman–Crippen MR) is 77.7 cm³/mol. The third kappa shape index (κ3) is 2.42. The van der Waals surface area contributed by atoms with Gasteiger partial charge in [-0.25, -0.2) is 0 Å². The van der Waals surface area contributed by atoms with Crippen LogP contribution in [0.4, 0.5) is 0 Å². The van der Waals surface area contributed by atoms with Crippen LogP contribution in [0, 0.1) is 0 Å². The maximum Gasteiger partial charge on any atom is 0.245 e. The van der Waals surface area contributed by atoms with Crippen LogP contribution in [0.5, 0.6) is 0 Å². The van der Waals surface area contributed by atoms with Gasteiger partial charge in [0.1, 0.15) is 6.04 Å². The SMILES string of the molecule is CCCN1Cc2nnc(C3CCCN3)n2[C@H](C)C1=O.Cl. The average Bonchev–Trinajstić information content (AvgIpc) is 3.03. The van der Waals surface area contributed by atoms with E-state index in [1.165, 1.54) is 0 Å². The molecule has 112 valence electrons. The van der Waals surface area contributed by atoms with Crippen molar-refractivity contribution in [2.24, 2.45) is 0 Å². The fourth-order valence-electron chi connectivity index (χ4n) is 3.09. The van der Waals surface area contributed by atoms with Crippen molar-refractivity contribution in [3.05, 3.63) is 11.6 Å². The lowest BCUT2D eigenvalue weighted by Gasteiger charge is -2.32. The number of fused-ring (bicyclic) bond motifs is 1. The van der Waals surface area contributed by atoms with E-state index in [4.69, 9.17) is 0 Å². The van der Waals surface area contributed by atoms with Crippen molar-refractivity contribution in [1.82, 2.24) is 25.0 Å². The van der Waals surface area contributed by atoms with Crippen molar-refractivity contribution in [2.45, 2.75) is 51.7 Å². The van der Waals surface area contributed by atoms with Crippen LogP contribution in [0.15, 0.2) is 0 Å². The normalized spacial score (nSPS) is 25.5. The summed E-state index contributed by atoms with van der Waals surface area (Å²) in [6.45, 7) is 6.46. The van der Waals surface area contributed by atoms with Gasteiger partial charge in [-0.15, -0.1) is 22.6 Å². The molecule has 0 aliphatic carbocycles. The summed E-state index contributed by atoms with van der Waals surface area (Å²) in [4.78, 5) is 14.3. The lowest BCUT2D eigenvalue weighted by Crippen LogP contribution is -2.42. The Balaban J connectivity index is 0.00000147. The lowest BCUT2D eigenvalue weighted by atomic mass is 10.1. The number of hydrogen-bond donors (Lipinski definition) is 1. The molecule has 1 unspecified atom stereocenters. The minimum Gasteiger partial charge on any atom is -0.333 e. The van der Waals surface area contributed by atoms with Crippen LogP contribution in [0.3, 0.4) is 0 Å². The fourth-order valence-corrected chi connectivity index (χ4v) is 3.09. The summed E-state index contributed by atoms with van der Waals surface area (Å²) >= 11 is 0. The lowest BCUT2D eigenvalue weighted by molar-refractivity contribution is -0.137. The van der Waals surface area contributed by atoms with Gasteiger partial charge in [-0.3, -0.25) is 9.36 Å². The van der Waals surface area contributed by atoms with Crippen molar-refractivity contribution < 1.29 is 4.79 Å². The molecular weight excluding hydrogens is 278 g/mol. The second kappa shape index (κ2) is 6.10. The van der Waals surface area contributed by atoms with Crippen LogP contribution in [0.2, 0.25) is 0 Å². The summed E-state index contributed by atoms with van der Waals surface area (Å²) in [5, 5.41) is 12.1. The number of hydrogen-bond acceptors (Lipinski definition) is 4. The first kappa shape index (κ1) is 15.3. The number of nitrogens with one attached hydrogen (secondary N) is 1. The first-order chi connectivity index (χ1) is 9.22. The molecule has 0 saturated carbocycles. The molecule has 1 aromatic heterocycles. The first-order valence-electron chi connectivity index (χ1n) is 7.18. The van der Waals surface area contributed by atoms with E-state index < -0.39 is 0 Å². The second-order valence-electron chi connectivity index (χ2n) is 5.43. The smallest absolute Gasteiger partial charge is 0.245 e. The topological polar surface area (TPSA) is 63.1 Å². The number of carbonyl (C=O) groups is 1. The van der Waals surface area contributed by atoms with Gasteiger partial charge in [-0.05, 0) is 32.7 Å². The minimum absolute atomic E-state index is 0. The maximum atomic E-state index is 12.4. The van der Waals surface area contributed by atoms with Gasteiger partial charge in [0.05, 0.1) is 12.6 Å². The van der Waals surface area contributed by atoms with Gasteiger partial charge in [0.2, 0.25) is 5.91 Å². The average molecular weight is 300 g/mol. The molecule has 1 fully saturated rings. The van der Waals surface area contributed by atoms with Gasteiger partial charge in [-0.2, -0.15) is 0 Å². The largest absolute Gasteiger partial charge is 0.333 e. The molecular formula is C13H22ClN5O. The van der Waals surface area contributed by atoms with Crippen molar-refractivity contribution in [3.8, 4) is 0 Å². The van der Waals surface area contributed by atoms with Gasteiger partial charge in [-0.1, -0.05) is 6.92 Å². The standard InChI is InChI=1S/C13H21N5O.ClH/c1-3-7-17-8-11-15-16-12(10-5-4-6-14-10)18(11)9(2)13(17)19;/h9-10,14H,3-8H2,1-2H3;1H/t9-,10?;/m1./s1. The number of aromatic nitrogens is 3. The molecule has 7 heteroatoms. The molecule has 0 aromatic carbocycles. The van der Waals surface area contributed by atoms with E-state index in [1.54, 1.807) is 0 Å². The third-order valence-electron chi connectivity index (χ3n) is 4.05. The number of carbonyl (C=O) groups excluding carboxylic acids is 1. The molecule has 6 nitrogen and oxygen atoms in total. The molecule has 1 aromatic rings. The van der Waals surface area contributed by atoms with Crippen molar-refractivity contribution in [3.63, 3.8) is 0 Å². The Morgan fingerprint density at radius 3 is 2.85 bits per heavy atom. The van der Waals surface area contributed by atoms with E-state index in [9.17, 15) is 4.79 Å². The van der Waals surface area contributed by atoms with Crippen LogP contribution in [-0.4, -0.2) is 38.7 Å². The highest BCUT2D eigenvalue weighted by Crippen LogP contribution is 2.29. The molecule has 1 amide bonds.